The van der Waals surface area contributed by atoms with Crippen molar-refractivity contribution in [3.8, 4) is 0 Å². The molecule has 0 heterocycles. The SMILES string of the molecule is C.C.C.CCC(O)CC(C)OC(C)=O. The lowest BCUT2D eigenvalue weighted by atomic mass is 10.1. The van der Waals surface area contributed by atoms with Gasteiger partial charge >= 0.3 is 5.97 Å². The van der Waals surface area contributed by atoms with Crippen LogP contribution in [0.1, 0.15) is 55.9 Å². The van der Waals surface area contributed by atoms with E-state index in [-0.39, 0.29) is 40.5 Å². The number of ether oxygens (including phenoxy) is 1. The van der Waals surface area contributed by atoms with E-state index in [0.717, 1.165) is 0 Å². The van der Waals surface area contributed by atoms with Crippen molar-refractivity contribution in [2.45, 2.75) is 68.1 Å². The zero-order chi connectivity index (χ0) is 8.85. The molecule has 0 amide bonds. The van der Waals surface area contributed by atoms with Gasteiger partial charge in [0.1, 0.15) is 6.10 Å². The molecule has 0 aromatic rings. The molecule has 3 nitrogen and oxygen atoms in total. The van der Waals surface area contributed by atoms with Crippen LogP contribution in [0.25, 0.3) is 0 Å². The van der Waals surface area contributed by atoms with E-state index < -0.39 is 0 Å². The number of esters is 1. The largest absolute Gasteiger partial charge is 0.463 e. The average molecular weight is 208 g/mol. The molecule has 0 spiro atoms. The van der Waals surface area contributed by atoms with Crippen LogP contribution >= 0.6 is 0 Å². The molecule has 1 N–H and O–H groups in total. The van der Waals surface area contributed by atoms with Crippen LogP contribution in [0.2, 0.25) is 0 Å². The molecule has 90 valence electrons. The summed E-state index contributed by atoms with van der Waals surface area (Å²) in [5.41, 5.74) is 0. The first-order valence-electron chi connectivity index (χ1n) is 3.91. The second-order valence-corrected chi connectivity index (χ2v) is 2.72. The molecular formula is C11H28O3. The van der Waals surface area contributed by atoms with E-state index in [1.807, 2.05) is 6.92 Å². The van der Waals surface area contributed by atoms with E-state index in [0.29, 0.717) is 12.8 Å². The Labute approximate surface area is 89.5 Å². The smallest absolute Gasteiger partial charge is 0.302 e. The van der Waals surface area contributed by atoms with Crippen molar-refractivity contribution < 1.29 is 14.6 Å². The Balaban J connectivity index is -0.000000167. The van der Waals surface area contributed by atoms with Gasteiger partial charge in [0.15, 0.2) is 0 Å². The summed E-state index contributed by atoms with van der Waals surface area (Å²) in [6, 6.07) is 0. The van der Waals surface area contributed by atoms with Gasteiger partial charge in [0.05, 0.1) is 6.10 Å². The van der Waals surface area contributed by atoms with Crippen LogP contribution in [0.5, 0.6) is 0 Å². The first kappa shape index (κ1) is 23.3. The predicted molar refractivity (Wildman–Crippen MR) is 62.3 cm³/mol. The number of rotatable bonds is 4. The third kappa shape index (κ3) is 14.0. The molecule has 2 atom stereocenters. The van der Waals surface area contributed by atoms with Gasteiger partial charge in [-0.05, 0) is 13.3 Å². The van der Waals surface area contributed by atoms with Gasteiger partial charge in [0, 0.05) is 13.3 Å². The second kappa shape index (κ2) is 12.4. The summed E-state index contributed by atoms with van der Waals surface area (Å²) >= 11 is 0. The van der Waals surface area contributed by atoms with Crippen LogP contribution in [0.4, 0.5) is 0 Å². The van der Waals surface area contributed by atoms with Crippen molar-refractivity contribution in [1.82, 2.24) is 0 Å². The molecule has 0 aromatic carbocycles. The Bertz CT molecular complexity index is 124. The summed E-state index contributed by atoms with van der Waals surface area (Å²) in [7, 11) is 0. The van der Waals surface area contributed by atoms with E-state index in [1.54, 1.807) is 6.92 Å². The van der Waals surface area contributed by atoms with Gasteiger partial charge in [-0.2, -0.15) is 0 Å². The fourth-order valence-electron chi connectivity index (χ4n) is 0.881. The Hall–Kier alpha value is -0.570. The second-order valence-electron chi connectivity index (χ2n) is 2.72. The summed E-state index contributed by atoms with van der Waals surface area (Å²) in [6.07, 6.45) is 0.689. The van der Waals surface area contributed by atoms with Crippen molar-refractivity contribution in [3.05, 3.63) is 0 Å². The van der Waals surface area contributed by atoms with Crippen LogP contribution in [0.3, 0.4) is 0 Å². The highest BCUT2D eigenvalue weighted by molar-refractivity contribution is 5.66. The fraction of sp³-hybridized carbons (Fsp3) is 0.909. The van der Waals surface area contributed by atoms with Gasteiger partial charge in [-0.25, -0.2) is 0 Å². The minimum atomic E-state index is -0.357. The number of aliphatic hydroxyl groups is 1. The van der Waals surface area contributed by atoms with Crippen LogP contribution < -0.4 is 0 Å². The maximum atomic E-state index is 10.4. The maximum Gasteiger partial charge on any atom is 0.302 e. The van der Waals surface area contributed by atoms with Gasteiger partial charge in [-0.15, -0.1) is 0 Å². The van der Waals surface area contributed by atoms with Gasteiger partial charge in [0.2, 0.25) is 0 Å². The molecule has 0 aliphatic heterocycles. The van der Waals surface area contributed by atoms with E-state index in [2.05, 4.69) is 0 Å². The lowest BCUT2D eigenvalue weighted by molar-refractivity contribution is -0.146. The average Bonchev–Trinajstić information content (AvgIpc) is 1.85. The quantitative estimate of drug-likeness (QED) is 0.722. The number of carbonyl (C=O) groups excluding carboxylic acids is 1. The van der Waals surface area contributed by atoms with E-state index >= 15 is 0 Å². The van der Waals surface area contributed by atoms with Gasteiger partial charge in [-0.1, -0.05) is 29.2 Å². The fourth-order valence-corrected chi connectivity index (χ4v) is 0.881. The Kier molecular flexibility index (Phi) is 20.7. The minimum absolute atomic E-state index is 0. The van der Waals surface area contributed by atoms with E-state index in [4.69, 9.17) is 9.84 Å². The Morgan fingerprint density at radius 2 is 1.79 bits per heavy atom. The molecule has 0 aromatic heterocycles. The Morgan fingerprint density at radius 1 is 1.36 bits per heavy atom. The molecular weight excluding hydrogens is 180 g/mol. The molecule has 0 saturated heterocycles. The third-order valence-corrected chi connectivity index (χ3v) is 1.44. The number of hydrogen-bond donors (Lipinski definition) is 1. The molecule has 0 saturated carbocycles. The topological polar surface area (TPSA) is 46.5 Å². The molecule has 0 radical (unpaired) electrons. The van der Waals surface area contributed by atoms with Crippen molar-refractivity contribution in [3.63, 3.8) is 0 Å². The zero-order valence-electron chi connectivity index (χ0n) is 7.33. The van der Waals surface area contributed by atoms with E-state index in [1.165, 1.54) is 6.92 Å². The van der Waals surface area contributed by atoms with Crippen LogP contribution in [-0.4, -0.2) is 23.3 Å². The molecule has 0 aliphatic carbocycles. The van der Waals surface area contributed by atoms with Crippen LogP contribution in [-0.2, 0) is 9.53 Å². The summed E-state index contributed by atoms with van der Waals surface area (Å²) in [6.45, 7) is 5.04. The summed E-state index contributed by atoms with van der Waals surface area (Å²) in [5.74, 6) is -0.291. The zero-order valence-corrected chi connectivity index (χ0v) is 7.33. The lowest BCUT2D eigenvalue weighted by Gasteiger charge is -2.14. The molecule has 0 aliphatic rings. The van der Waals surface area contributed by atoms with Crippen molar-refractivity contribution in [2.24, 2.45) is 0 Å². The first-order valence-corrected chi connectivity index (χ1v) is 3.91. The molecule has 0 fully saturated rings. The number of carbonyl (C=O) groups is 1. The summed E-state index contributed by atoms with van der Waals surface area (Å²) in [4.78, 5) is 10.4. The van der Waals surface area contributed by atoms with Gasteiger partial charge in [-0.3, -0.25) is 4.79 Å². The highest BCUT2D eigenvalue weighted by Gasteiger charge is 2.10. The Morgan fingerprint density at radius 3 is 2.07 bits per heavy atom. The normalized spacial score (nSPS) is 12.3. The number of hydrogen-bond acceptors (Lipinski definition) is 3. The third-order valence-electron chi connectivity index (χ3n) is 1.44. The first-order chi connectivity index (χ1) is 5.06. The standard InChI is InChI=1S/C8H16O3.3CH4/c1-4-8(10)5-6(2)11-7(3)9;;;/h6,8,10H,4-5H2,1-3H3;3*1H4. The summed E-state index contributed by atoms with van der Waals surface area (Å²) < 4.78 is 4.82. The lowest BCUT2D eigenvalue weighted by Crippen LogP contribution is -2.19. The maximum absolute atomic E-state index is 10.4. The van der Waals surface area contributed by atoms with Crippen LogP contribution in [0.15, 0.2) is 0 Å². The molecule has 0 bridgehead atoms. The minimum Gasteiger partial charge on any atom is -0.463 e. The van der Waals surface area contributed by atoms with E-state index in [9.17, 15) is 4.79 Å². The molecule has 0 rings (SSSR count). The molecule has 3 heteroatoms. The highest BCUT2D eigenvalue weighted by atomic mass is 16.5. The monoisotopic (exact) mass is 208 g/mol. The summed E-state index contributed by atoms with van der Waals surface area (Å²) in [5, 5.41) is 9.15. The number of aliphatic hydroxyl groups excluding tert-OH is 1. The highest BCUT2D eigenvalue weighted by Crippen LogP contribution is 2.04. The molecule has 14 heavy (non-hydrogen) atoms. The molecule has 2 unspecified atom stereocenters. The van der Waals surface area contributed by atoms with Crippen molar-refractivity contribution in [1.29, 1.82) is 0 Å². The predicted octanol–water partition coefficient (Wildman–Crippen LogP) is 3.01. The van der Waals surface area contributed by atoms with Crippen molar-refractivity contribution >= 4 is 5.97 Å². The van der Waals surface area contributed by atoms with Gasteiger partial charge < -0.3 is 9.84 Å². The van der Waals surface area contributed by atoms with Crippen molar-refractivity contribution in [2.75, 3.05) is 0 Å². The van der Waals surface area contributed by atoms with Gasteiger partial charge in [0.25, 0.3) is 0 Å². The van der Waals surface area contributed by atoms with Crippen LogP contribution in [0, 0.1) is 0 Å².